The van der Waals surface area contributed by atoms with Gasteiger partial charge >= 0.3 is 0 Å². The van der Waals surface area contributed by atoms with Gasteiger partial charge in [0.05, 0.1) is 6.04 Å². The molecule has 2 atom stereocenters. The number of hydrogen-bond acceptors (Lipinski definition) is 2. The van der Waals surface area contributed by atoms with Crippen LogP contribution in [-0.4, -0.2) is 12.0 Å². The Balaban J connectivity index is 1.59. The lowest BCUT2D eigenvalue weighted by Gasteiger charge is -2.22. The van der Waals surface area contributed by atoms with E-state index in [4.69, 9.17) is 4.74 Å². The second kappa shape index (κ2) is 8.38. The summed E-state index contributed by atoms with van der Waals surface area (Å²) in [6.45, 7) is 10.4. The molecule has 3 rings (SSSR count). The summed E-state index contributed by atoms with van der Waals surface area (Å²) >= 11 is 0. The lowest BCUT2D eigenvalue weighted by molar-refractivity contribution is -0.127. The third kappa shape index (κ3) is 4.95. The number of rotatable bonds is 5. The van der Waals surface area contributed by atoms with Gasteiger partial charge in [0, 0.05) is 0 Å². The summed E-state index contributed by atoms with van der Waals surface area (Å²) in [4.78, 5) is 12.6. The quantitative estimate of drug-likeness (QED) is 0.744. The fraction of sp³-hybridized carbons (Fsp3) is 0.480. The molecule has 1 aliphatic carbocycles. The predicted molar refractivity (Wildman–Crippen MR) is 115 cm³/mol. The number of ether oxygens (including phenoxy) is 1. The molecule has 28 heavy (non-hydrogen) atoms. The number of aryl methyl sites for hydroxylation is 2. The molecule has 1 N–H and O–H groups in total. The van der Waals surface area contributed by atoms with E-state index < -0.39 is 6.10 Å². The highest BCUT2D eigenvalue weighted by Gasteiger charge is 2.20. The second-order valence-corrected chi connectivity index (χ2v) is 9.00. The third-order valence-corrected chi connectivity index (χ3v) is 5.63. The molecular weight excluding hydrogens is 346 g/mol. The largest absolute Gasteiger partial charge is 0.481 e. The SMILES string of the molecule is C[C@H](NC(=O)[C@@H](C)Oc1ccc(C(C)(C)C)cc1)c1ccc2c(c1)CCCC2. The molecule has 0 bridgehead atoms. The average molecular weight is 380 g/mol. The normalized spacial score (nSPS) is 16.0. The van der Waals surface area contributed by atoms with Crippen molar-refractivity contribution in [2.45, 2.75) is 77.9 Å². The summed E-state index contributed by atoms with van der Waals surface area (Å²) < 4.78 is 5.86. The zero-order valence-corrected chi connectivity index (χ0v) is 17.8. The average Bonchev–Trinajstić information content (AvgIpc) is 2.67. The molecule has 0 aliphatic heterocycles. The van der Waals surface area contributed by atoms with Gasteiger partial charge in [0.2, 0.25) is 0 Å². The zero-order chi connectivity index (χ0) is 20.3. The van der Waals surface area contributed by atoms with Gasteiger partial charge in [-0.1, -0.05) is 51.1 Å². The maximum Gasteiger partial charge on any atom is 0.261 e. The van der Waals surface area contributed by atoms with Crippen molar-refractivity contribution in [1.82, 2.24) is 5.32 Å². The highest BCUT2D eigenvalue weighted by Crippen LogP contribution is 2.26. The van der Waals surface area contributed by atoms with Gasteiger partial charge in [0.15, 0.2) is 6.10 Å². The Hall–Kier alpha value is -2.29. The van der Waals surface area contributed by atoms with E-state index in [1.807, 2.05) is 19.1 Å². The van der Waals surface area contributed by atoms with E-state index >= 15 is 0 Å². The van der Waals surface area contributed by atoms with Crippen LogP contribution in [0.4, 0.5) is 0 Å². The topological polar surface area (TPSA) is 38.3 Å². The Morgan fingerprint density at radius 1 is 0.964 bits per heavy atom. The fourth-order valence-electron chi connectivity index (χ4n) is 3.73. The number of fused-ring (bicyclic) bond motifs is 1. The van der Waals surface area contributed by atoms with Crippen LogP contribution in [0.25, 0.3) is 0 Å². The van der Waals surface area contributed by atoms with E-state index in [0.29, 0.717) is 0 Å². The van der Waals surface area contributed by atoms with Gasteiger partial charge in [-0.05, 0) is 79.3 Å². The molecule has 3 heteroatoms. The van der Waals surface area contributed by atoms with Gasteiger partial charge in [-0.15, -0.1) is 0 Å². The molecule has 0 saturated carbocycles. The fourth-order valence-corrected chi connectivity index (χ4v) is 3.73. The standard InChI is InChI=1S/C25H33NO2/c1-17(20-11-10-19-8-6-7-9-21(19)16-20)26-24(27)18(2)28-23-14-12-22(13-15-23)25(3,4)5/h10-18H,6-9H2,1-5H3,(H,26,27)/t17-,18+/m0/s1. The van der Waals surface area contributed by atoms with E-state index in [9.17, 15) is 4.79 Å². The molecule has 3 nitrogen and oxygen atoms in total. The Labute approximate surface area is 169 Å². The van der Waals surface area contributed by atoms with Crippen LogP contribution >= 0.6 is 0 Å². The van der Waals surface area contributed by atoms with Gasteiger partial charge in [0.1, 0.15) is 5.75 Å². The molecule has 150 valence electrons. The summed E-state index contributed by atoms with van der Waals surface area (Å²) in [6, 6.07) is 14.6. The van der Waals surface area contributed by atoms with Crippen molar-refractivity contribution in [3.05, 3.63) is 64.7 Å². The first-order chi connectivity index (χ1) is 13.2. The smallest absolute Gasteiger partial charge is 0.261 e. The van der Waals surface area contributed by atoms with E-state index in [1.54, 1.807) is 6.92 Å². The minimum atomic E-state index is -0.541. The van der Waals surface area contributed by atoms with Crippen molar-refractivity contribution in [3.63, 3.8) is 0 Å². The molecule has 1 aliphatic rings. The second-order valence-electron chi connectivity index (χ2n) is 9.00. The van der Waals surface area contributed by atoms with Crippen molar-refractivity contribution in [3.8, 4) is 5.75 Å². The number of benzene rings is 2. The van der Waals surface area contributed by atoms with Crippen LogP contribution in [0.2, 0.25) is 0 Å². The van der Waals surface area contributed by atoms with Gasteiger partial charge in [-0.25, -0.2) is 0 Å². The molecule has 0 radical (unpaired) electrons. The van der Waals surface area contributed by atoms with Crippen LogP contribution in [0, 0.1) is 0 Å². The summed E-state index contributed by atoms with van der Waals surface area (Å²) in [5, 5.41) is 3.09. The number of carbonyl (C=O) groups is 1. The molecule has 0 aromatic heterocycles. The maximum atomic E-state index is 12.6. The van der Waals surface area contributed by atoms with E-state index in [0.717, 1.165) is 17.7 Å². The number of carbonyl (C=O) groups excluding carboxylic acids is 1. The first-order valence-corrected chi connectivity index (χ1v) is 10.4. The minimum absolute atomic E-state index is 0.0333. The molecule has 2 aromatic carbocycles. The summed E-state index contributed by atoms with van der Waals surface area (Å²) in [7, 11) is 0. The first kappa shape index (κ1) is 20.4. The van der Waals surface area contributed by atoms with Crippen molar-refractivity contribution in [2.75, 3.05) is 0 Å². The van der Waals surface area contributed by atoms with Gasteiger partial charge in [-0.2, -0.15) is 0 Å². The maximum absolute atomic E-state index is 12.6. The van der Waals surface area contributed by atoms with E-state index in [1.165, 1.54) is 36.0 Å². The molecule has 0 fully saturated rings. The Morgan fingerprint density at radius 2 is 1.61 bits per heavy atom. The Morgan fingerprint density at radius 3 is 2.25 bits per heavy atom. The van der Waals surface area contributed by atoms with Crippen LogP contribution in [0.3, 0.4) is 0 Å². The number of hydrogen-bond donors (Lipinski definition) is 1. The highest BCUT2D eigenvalue weighted by atomic mass is 16.5. The predicted octanol–water partition coefficient (Wildman–Crippen LogP) is 5.51. The van der Waals surface area contributed by atoms with E-state index in [2.05, 4.69) is 56.4 Å². The molecule has 2 aromatic rings. The summed E-state index contributed by atoms with van der Waals surface area (Å²) in [6.07, 6.45) is 4.32. The molecule has 0 unspecified atom stereocenters. The molecule has 0 spiro atoms. The number of amides is 1. The molecule has 0 saturated heterocycles. The first-order valence-electron chi connectivity index (χ1n) is 10.4. The van der Waals surface area contributed by atoms with Crippen molar-refractivity contribution in [1.29, 1.82) is 0 Å². The minimum Gasteiger partial charge on any atom is -0.481 e. The van der Waals surface area contributed by atoms with Gasteiger partial charge in [0.25, 0.3) is 5.91 Å². The molecule has 1 amide bonds. The number of nitrogens with one attached hydrogen (secondary N) is 1. The third-order valence-electron chi connectivity index (χ3n) is 5.63. The Bertz CT molecular complexity index is 817. The van der Waals surface area contributed by atoms with Crippen LogP contribution in [-0.2, 0) is 23.1 Å². The summed E-state index contributed by atoms with van der Waals surface area (Å²) in [5.74, 6) is 0.627. The van der Waals surface area contributed by atoms with Crippen LogP contribution < -0.4 is 10.1 Å². The van der Waals surface area contributed by atoms with Gasteiger partial charge < -0.3 is 10.1 Å². The van der Waals surface area contributed by atoms with Crippen LogP contribution in [0.5, 0.6) is 5.75 Å². The lowest BCUT2D eigenvalue weighted by atomic mass is 9.87. The highest BCUT2D eigenvalue weighted by molar-refractivity contribution is 5.81. The van der Waals surface area contributed by atoms with Crippen molar-refractivity contribution in [2.24, 2.45) is 0 Å². The van der Waals surface area contributed by atoms with Gasteiger partial charge in [-0.3, -0.25) is 4.79 Å². The van der Waals surface area contributed by atoms with Crippen molar-refractivity contribution < 1.29 is 9.53 Å². The lowest BCUT2D eigenvalue weighted by Crippen LogP contribution is -2.37. The molecular formula is C25H33NO2. The summed E-state index contributed by atoms with van der Waals surface area (Å²) in [5.41, 5.74) is 5.41. The molecule has 0 heterocycles. The Kier molecular flexibility index (Phi) is 6.12. The van der Waals surface area contributed by atoms with Crippen LogP contribution in [0.1, 0.15) is 75.8 Å². The van der Waals surface area contributed by atoms with E-state index in [-0.39, 0.29) is 17.4 Å². The monoisotopic (exact) mass is 379 g/mol. The zero-order valence-electron chi connectivity index (χ0n) is 17.8. The van der Waals surface area contributed by atoms with Crippen molar-refractivity contribution >= 4 is 5.91 Å². The van der Waals surface area contributed by atoms with Crippen LogP contribution in [0.15, 0.2) is 42.5 Å².